The van der Waals surface area contributed by atoms with Gasteiger partial charge >= 0.3 is 0 Å². The van der Waals surface area contributed by atoms with Crippen LogP contribution in [0.1, 0.15) is 24.3 Å². The van der Waals surface area contributed by atoms with Gasteiger partial charge in [0.2, 0.25) is 10.0 Å². The van der Waals surface area contributed by atoms with E-state index in [1.54, 1.807) is 29.9 Å². The predicted octanol–water partition coefficient (Wildman–Crippen LogP) is 1.67. The lowest BCUT2D eigenvalue weighted by atomic mass is 10.1. The van der Waals surface area contributed by atoms with E-state index in [4.69, 9.17) is 0 Å². The Morgan fingerprint density at radius 2 is 2.05 bits per heavy atom. The van der Waals surface area contributed by atoms with Crippen LogP contribution in [0.3, 0.4) is 0 Å². The number of aliphatic hydroxyl groups is 1. The number of hydrogen-bond acceptors (Lipinski definition) is 5. The normalized spacial score (nSPS) is 13.4. The highest BCUT2D eigenvalue weighted by atomic mass is 32.2. The van der Waals surface area contributed by atoms with E-state index >= 15 is 0 Å². The van der Waals surface area contributed by atoms with Crippen molar-refractivity contribution in [2.24, 2.45) is 0 Å². The van der Waals surface area contributed by atoms with Gasteiger partial charge in [0.05, 0.1) is 28.7 Å². The van der Waals surface area contributed by atoms with Gasteiger partial charge in [-0.3, -0.25) is 0 Å². The van der Waals surface area contributed by atoms with E-state index in [0.29, 0.717) is 11.3 Å². The van der Waals surface area contributed by atoms with Crippen LogP contribution in [0.5, 0.6) is 0 Å². The minimum Gasteiger partial charge on any atom is -0.389 e. The summed E-state index contributed by atoms with van der Waals surface area (Å²) >= 11 is 1.42. The van der Waals surface area contributed by atoms with Gasteiger partial charge in [-0.2, -0.15) is 0 Å². The Hall–Kier alpha value is -1.28. The predicted molar refractivity (Wildman–Crippen MR) is 73.2 cm³/mol. The standard InChI is InChI=1S/C12H14N2O3S2/c1-9(15)10-2-4-12(5-3-10)19(16,17)14-6-11-7-18-8-13-11/h2-5,7-9,14-15H,6H2,1H3. The molecule has 1 aromatic carbocycles. The van der Waals surface area contributed by atoms with E-state index in [2.05, 4.69) is 9.71 Å². The SMILES string of the molecule is CC(O)c1ccc(S(=O)(=O)NCc2cscn2)cc1. The fraction of sp³-hybridized carbons (Fsp3) is 0.250. The Morgan fingerprint density at radius 3 is 2.58 bits per heavy atom. The van der Waals surface area contributed by atoms with Crippen LogP contribution in [0.25, 0.3) is 0 Å². The van der Waals surface area contributed by atoms with Crippen LogP contribution in [-0.2, 0) is 16.6 Å². The van der Waals surface area contributed by atoms with Crippen LogP contribution in [0, 0.1) is 0 Å². The molecule has 0 bridgehead atoms. The van der Waals surface area contributed by atoms with Crippen molar-refractivity contribution in [3.8, 4) is 0 Å². The van der Waals surface area contributed by atoms with Gasteiger partial charge in [-0.25, -0.2) is 18.1 Å². The monoisotopic (exact) mass is 298 g/mol. The second kappa shape index (κ2) is 5.79. The van der Waals surface area contributed by atoms with Crippen LogP contribution in [0.4, 0.5) is 0 Å². The molecule has 1 aromatic heterocycles. The number of thiazole rings is 1. The molecule has 5 nitrogen and oxygen atoms in total. The molecule has 0 fully saturated rings. The number of nitrogens with zero attached hydrogens (tertiary/aromatic N) is 1. The maximum absolute atomic E-state index is 12.0. The summed E-state index contributed by atoms with van der Waals surface area (Å²) in [4.78, 5) is 4.18. The molecule has 0 saturated heterocycles. The minimum atomic E-state index is -3.55. The van der Waals surface area contributed by atoms with Crippen molar-refractivity contribution in [2.45, 2.75) is 24.5 Å². The minimum absolute atomic E-state index is 0.171. The van der Waals surface area contributed by atoms with Crippen molar-refractivity contribution in [1.82, 2.24) is 9.71 Å². The van der Waals surface area contributed by atoms with Crippen LogP contribution < -0.4 is 4.72 Å². The van der Waals surface area contributed by atoms with Crippen LogP contribution in [0.2, 0.25) is 0 Å². The third-order valence-corrected chi connectivity index (χ3v) is 4.65. The molecule has 102 valence electrons. The van der Waals surface area contributed by atoms with E-state index in [-0.39, 0.29) is 11.4 Å². The first-order chi connectivity index (χ1) is 8.99. The van der Waals surface area contributed by atoms with Gasteiger partial charge in [0, 0.05) is 5.38 Å². The maximum Gasteiger partial charge on any atom is 0.240 e. The van der Waals surface area contributed by atoms with E-state index in [1.807, 2.05) is 0 Å². The second-order valence-corrected chi connectivity index (χ2v) is 6.53. The topological polar surface area (TPSA) is 79.3 Å². The van der Waals surface area contributed by atoms with Crippen LogP contribution >= 0.6 is 11.3 Å². The summed E-state index contributed by atoms with van der Waals surface area (Å²) in [7, 11) is -3.55. The molecule has 0 aliphatic heterocycles. The lowest BCUT2D eigenvalue weighted by Crippen LogP contribution is -2.23. The van der Waals surface area contributed by atoms with Crippen molar-refractivity contribution in [2.75, 3.05) is 0 Å². The molecule has 1 atom stereocenters. The summed E-state index contributed by atoms with van der Waals surface area (Å²) in [5.74, 6) is 0. The quantitative estimate of drug-likeness (QED) is 0.880. The third kappa shape index (κ3) is 3.60. The van der Waals surface area contributed by atoms with Gasteiger partial charge in [-0.1, -0.05) is 12.1 Å². The van der Waals surface area contributed by atoms with Crippen molar-refractivity contribution in [1.29, 1.82) is 0 Å². The number of aromatic nitrogens is 1. The molecule has 2 aromatic rings. The fourth-order valence-corrected chi connectivity index (χ4v) is 3.06. The van der Waals surface area contributed by atoms with E-state index in [0.717, 1.165) is 0 Å². The number of benzene rings is 1. The molecule has 1 unspecified atom stereocenters. The Labute approximate surface area is 116 Å². The molecule has 2 rings (SSSR count). The van der Waals surface area contributed by atoms with E-state index in [9.17, 15) is 13.5 Å². The Bertz CT molecular complexity index is 620. The fourth-order valence-electron chi connectivity index (χ4n) is 1.50. The summed E-state index contributed by atoms with van der Waals surface area (Å²) in [5.41, 5.74) is 3.02. The van der Waals surface area contributed by atoms with Crippen molar-refractivity contribution in [3.63, 3.8) is 0 Å². The summed E-state index contributed by atoms with van der Waals surface area (Å²) < 4.78 is 26.5. The Balaban J connectivity index is 2.10. The van der Waals surface area contributed by atoms with Gasteiger partial charge in [0.25, 0.3) is 0 Å². The van der Waals surface area contributed by atoms with Crippen molar-refractivity contribution < 1.29 is 13.5 Å². The zero-order valence-electron chi connectivity index (χ0n) is 10.3. The second-order valence-electron chi connectivity index (χ2n) is 4.05. The third-order valence-electron chi connectivity index (χ3n) is 2.60. The van der Waals surface area contributed by atoms with Gasteiger partial charge in [-0.05, 0) is 24.6 Å². The molecular weight excluding hydrogens is 284 g/mol. The lowest BCUT2D eigenvalue weighted by Gasteiger charge is -2.08. The van der Waals surface area contributed by atoms with Gasteiger partial charge in [0.1, 0.15) is 0 Å². The van der Waals surface area contributed by atoms with Gasteiger partial charge in [-0.15, -0.1) is 11.3 Å². The van der Waals surface area contributed by atoms with E-state index < -0.39 is 16.1 Å². The smallest absolute Gasteiger partial charge is 0.240 e. The molecule has 0 amide bonds. The molecule has 0 saturated carbocycles. The molecule has 7 heteroatoms. The average molecular weight is 298 g/mol. The molecule has 0 aliphatic rings. The zero-order chi connectivity index (χ0) is 13.9. The molecule has 0 spiro atoms. The van der Waals surface area contributed by atoms with Crippen molar-refractivity contribution in [3.05, 3.63) is 46.4 Å². The first-order valence-corrected chi connectivity index (χ1v) is 8.06. The van der Waals surface area contributed by atoms with Crippen LogP contribution in [-0.4, -0.2) is 18.5 Å². The highest BCUT2D eigenvalue weighted by Crippen LogP contribution is 2.16. The molecule has 19 heavy (non-hydrogen) atoms. The Kier molecular flexibility index (Phi) is 4.31. The largest absolute Gasteiger partial charge is 0.389 e. The molecule has 0 aliphatic carbocycles. The summed E-state index contributed by atoms with van der Waals surface area (Å²) in [6.45, 7) is 1.80. The first kappa shape index (κ1) is 14.1. The number of rotatable bonds is 5. The van der Waals surface area contributed by atoms with Crippen LogP contribution in [0.15, 0.2) is 40.1 Å². The number of aliphatic hydroxyl groups excluding tert-OH is 1. The molecular formula is C12H14N2O3S2. The lowest BCUT2D eigenvalue weighted by molar-refractivity contribution is 0.199. The summed E-state index contributed by atoms with van der Waals surface area (Å²) in [5, 5.41) is 11.2. The number of hydrogen-bond donors (Lipinski definition) is 2. The molecule has 1 heterocycles. The van der Waals surface area contributed by atoms with Gasteiger partial charge < -0.3 is 5.11 Å². The highest BCUT2D eigenvalue weighted by molar-refractivity contribution is 7.89. The van der Waals surface area contributed by atoms with E-state index in [1.165, 1.54) is 23.5 Å². The molecule has 2 N–H and O–H groups in total. The number of sulfonamides is 1. The first-order valence-electron chi connectivity index (χ1n) is 5.64. The zero-order valence-corrected chi connectivity index (χ0v) is 11.9. The number of nitrogens with one attached hydrogen (secondary N) is 1. The summed E-state index contributed by atoms with van der Waals surface area (Å²) in [6, 6.07) is 6.15. The van der Waals surface area contributed by atoms with Gasteiger partial charge in [0.15, 0.2) is 0 Å². The summed E-state index contributed by atoms with van der Waals surface area (Å²) in [6.07, 6.45) is -0.611. The highest BCUT2D eigenvalue weighted by Gasteiger charge is 2.14. The average Bonchev–Trinajstić information content (AvgIpc) is 2.90. The Morgan fingerprint density at radius 1 is 1.37 bits per heavy atom. The van der Waals surface area contributed by atoms with Crippen molar-refractivity contribution >= 4 is 21.4 Å². The maximum atomic E-state index is 12.0. The molecule has 0 radical (unpaired) electrons.